The Labute approximate surface area is 88.8 Å². The first kappa shape index (κ1) is 12.0. The van der Waals surface area contributed by atoms with Gasteiger partial charge in [-0.2, -0.15) is 0 Å². The zero-order valence-electron chi connectivity index (χ0n) is 9.67. The summed E-state index contributed by atoms with van der Waals surface area (Å²) in [6.07, 6.45) is 9.17. The molecule has 0 saturated carbocycles. The quantitative estimate of drug-likeness (QED) is 0.710. The molecule has 0 aromatic carbocycles. The Morgan fingerprint density at radius 3 is 2.50 bits per heavy atom. The van der Waals surface area contributed by atoms with E-state index in [0.717, 1.165) is 0 Å². The van der Waals surface area contributed by atoms with E-state index >= 15 is 0 Å². The lowest BCUT2D eigenvalue weighted by Gasteiger charge is -2.26. The largest absolute Gasteiger partial charge is 0.328 e. The van der Waals surface area contributed by atoms with Gasteiger partial charge in [0.15, 0.2) is 0 Å². The zero-order valence-corrected chi connectivity index (χ0v) is 9.67. The van der Waals surface area contributed by atoms with Crippen molar-refractivity contribution >= 4 is 0 Å². The van der Waals surface area contributed by atoms with Crippen LogP contribution < -0.4 is 5.73 Å². The predicted molar refractivity (Wildman–Crippen MR) is 62.4 cm³/mol. The van der Waals surface area contributed by atoms with Crippen LogP contribution in [0.4, 0.5) is 0 Å². The summed E-state index contributed by atoms with van der Waals surface area (Å²) in [6.45, 7) is 6.13. The van der Waals surface area contributed by atoms with E-state index in [1.165, 1.54) is 64.6 Å². The maximum absolute atomic E-state index is 5.98. The van der Waals surface area contributed by atoms with Crippen molar-refractivity contribution in [2.24, 2.45) is 5.73 Å². The van der Waals surface area contributed by atoms with Crippen LogP contribution in [0.1, 0.15) is 51.9 Å². The van der Waals surface area contributed by atoms with Crippen molar-refractivity contribution in [3.8, 4) is 0 Å². The first-order chi connectivity index (χ1) is 6.83. The van der Waals surface area contributed by atoms with Gasteiger partial charge in [0.2, 0.25) is 0 Å². The Morgan fingerprint density at radius 1 is 1.14 bits per heavy atom. The van der Waals surface area contributed by atoms with Gasteiger partial charge in [-0.15, -0.1) is 0 Å². The smallest absolute Gasteiger partial charge is 0.00392 e. The molecule has 1 heterocycles. The molecular weight excluding hydrogens is 172 g/mol. The van der Waals surface area contributed by atoms with Gasteiger partial charge in [0, 0.05) is 6.04 Å². The molecule has 2 heteroatoms. The number of rotatable bonds is 6. The van der Waals surface area contributed by atoms with E-state index in [2.05, 4.69) is 11.8 Å². The molecular formula is C12H26N2. The van der Waals surface area contributed by atoms with E-state index in [1.54, 1.807) is 0 Å². The Balaban J connectivity index is 1.96. The summed E-state index contributed by atoms with van der Waals surface area (Å²) < 4.78 is 0. The molecule has 0 radical (unpaired) electrons. The molecule has 0 amide bonds. The first-order valence-corrected chi connectivity index (χ1v) is 6.31. The first-order valence-electron chi connectivity index (χ1n) is 6.31. The van der Waals surface area contributed by atoms with Gasteiger partial charge >= 0.3 is 0 Å². The highest BCUT2D eigenvalue weighted by molar-refractivity contribution is 4.66. The lowest BCUT2D eigenvalue weighted by Crippen LogP contribution is -2.31. The van der Waals surface area contributed by atoms with Crippen LogP contribution in [-0.2, 0) is 0 Å². The number of piperidine rings is 1. The lowest BCUT2D eigenvalue weighted by atomic mass is 10.1. The minimum absolute atomic E-state index is 0.449. The van der Waals surface area contributed by atoms with E-state index in [-0.39, 0.29) is 0 Å². The maximum Gasteiger partial charge on any atom is 0.00392 e. The van der Waals surface area contributed by atoms with Gasteiger partial charge in [0.25, 0.3) is 0 Å². The molecule has 1 fully saturated rings. The lowest BCUT2D eigenvalue weighted by molar-refractivity contribution is 0.222. The van der Waals surface area contributed by atoms with Gasteiger partial charge in [-0.1, -0.05) is 19.8 Å². The Kier molecular flexibility index (Phi) is 6.20. The molecule has 1 atom stereocenters. The van der Waals surface area contributed by atoms with Crippen LogP contribution in [0.5, 0.6) is 0 Å². The van der Waals surface area contributed by atoms with Crippen LogP contribution >= 0.6 is 0 Å². The summed E-state index contributed by atoms with van der Waals surface area (Å²) in [6, 6.07) is 0.449. The van der Waals surface area contributed by atoms with E-state index in [4.69, 9.17) is 5.73 Å². The van der Waals surface area contributed by atoms with Gasteiger partial charge in [-0.3, -0.25) is 0 Å². The van der Waals surface area contributed by atoms with E-state index in [9.17, 15) is 0 Å². The van der Waals surface area contributed by atoms with Crippen molar-refractivity contribution < 1.29 is 0 Å². The zero-order chi connectivity index (χ0) is 10.2. The highest BCUT2D eigenvalue weighted by Gasteiger charge is 2.09. The molecule has 14 heavy (non-hydrogen) atoms. The Morgan fingerprint density at radius 2 is 1.86 bits per heavy atom. The monoisotopic (exact) mass is 198 g/mol. The van der Waals surface area contributed by atoms with Crippen LogP contribution in [0.15, 0.2) is 0 Å². The molecule has 1 rings (SSSR count). The van der Waals surface area contributed by atoms with Gasteiger partial charge in [-0.05, 0) is 51.7 Å². The second kappa shape index (κ2) is 7.24. The molecule has 1 aliphatic heterocycles. The molecule has 2 nitrogen and oxygen atoms in total. The minimum atomic E-state index is 0.449. The number of likely N-dealkylation sites (tertiary alicyclic amines) is 1. The fourth-order valence-corrected chi connectivity index (χ4v) is 2.28. The maximum atomic E-state index is 5.98. The number of nitrogens with zero attached hydrogens (tertiary/aromatic N) is 1. The van der Waals surface area contributed by atoms with Crippen molar-refractivity contribution in [3.05, 3.63) is 0 Å². The Hall–Kier alpha value is -0.0800. The predicted octanol–water partition coefficient (Wildman–Crippen LogP) is 2.38. The average Bonchev–Trinajstić information content (AvgIpc) is 2.20. The third-order valence-corrected chi connectivity index (χ3v) is 3.16. The van der Waals surface area contributed by atoms with Gasteiger partial charge in [0.05, 0.1) is 0 Å². The highest BCUT2D eigenvalue weighted by atomic mass is 15.1. The molecule has 0 aromatic rings. The highest BCUT2D eigenvalue weighted by Crippen LogP contribution is 2.10. The molecule has 0 aromatic heterocycles. The summed E-state index contributed by atoms with van der Waals surface area (Å²) in [5.74, 6) is 0. The second-order valence-electron chi connectivity index (χ2n) is 4.59. The van der Waals surface area contributed by atoms with E-state index < -0.39 is 0 Å². The standard InChI is InChI=1S/C12H26N2/c1-2-7-12(13)8-6-11-14-9-4-3-5-10-14/h12H,2-11,13H2,1H3. The van der Waals surface area contributed by atoms with Crippen LogP contribution in [0.25, 0.3) is 0 Å². The van der Waals surface area contributed by atoms with Crippen molar-refractivity contribution in [2.75, 3.05) is 19.6 Å². The average molecular weight is 198 g/mol. The summed E-state index contributed by atoms with van der Waals surface area (Å²) in [4.78, 5) is 2.60. The molecule has 2 N–H and O–H groups in total. The van der Waals surface area contributed by atoms with Crippen molar-refractivity contribution in [1.82, 2.24) is 4.90 Å². The van der Waals surface area contributed by atoms with Gasteiger partial charge in [0.1, 0.15) is 0 Å². The van der Waals surface area contributed by atoms with Crippen molar-refractivity contribution in [1.29, 1.82) is 0 Å². The second-order valence-corrected chi connectivity index (χ2v) is 4.59. The number of hydrogen-bond acceptors (Lipinski definition) is 2. The summed E-state index contributed by atoms with van der Waals surface area (Å²) in [7, 11) is 0. The molecule has 0 spiro atoms. The molecule has 1 unspecified atom stereocenters. The normalized spacial score (nSPS) is 21.0. The van der Waals surface area contributed by atoms with Crippen molar-refractivity contribution in [3.63, 3.8) is 0 Å². The van der Waals surface area contributed by atoms with Crippen LogP contribution in [-0.4, -0.2) is 30.6 Å². The van der Waals surface area contributed by atoms with E-state index in [0.29, 0.717) is 6.04 Å². The molecule has 0 bridgehead atoms. The molecule has 0 aliphatic carbocycles. The fraction of sp³-hybridized carbons (Fsp3) is 1.00. The molecule has 1 saturated heterocycles. The fourth-order valence-electron chi connectivity index (χ4n) is 2.28. The summed E-state index contributed by atoms with van der Waals surface area (Å²) >= 11 is 0. The Bertz CT molecular complexity index is 130. The minimum Gasteiger partial charge on any atom is -0.328 e. The van der Waals surface area contributed by atoms with Crippen LogP contribution in [0.2, 0.25) is 0 Å². The molecule has 1 aliphatic rings. The van der Waals surface area contributed by atoms with Gasteiger partial charge < -0.3 is 10.6 Å². The third-order valence-electron chi connectivity index (χ3n) is 3.16. The summed E-state index contributed by atoms with van der Waals surface area (Å²) in [5.41, 5.74) is 5.98. The van der Waals surface area contributed by atoms with Crippen LogP contribution in [0, 0.1) is 0 Å². The van der Waals surface area contributed by atoms with Crippen molar-refractivity contribution in [2.45, 2.75) is 57.9 Å². The molecule has 84 valence electrons. The number of hydrogen-bond donors (Lipinski definition) is 1. The third kappa shape index (κ3) is 4.97. The summed E-state index contributed by atoms with van der Waals surface area (Å²) in [5, 5.41) is 0. The number of nitrogens with two attached hydrogens (primary N) is 1. The topological polar surface area (TPSA) is 29.3 Å². The van der Waals surface area contributed by atoms with E-state index in [1.807, 2.05) is 0 Å². The van der Waals surface area contributed by atoms with Gasteiger partial charge in [-0.25, -0.2) is 0 Å². The van der Waals surface area contributed by atoms with Crippen LogP contribution in [0.3, 0.4) is 0 Å². The SMILES string of the molecule is CCCC(N)CCCN1CCCCC1.